The lowest BCUT2D eigenvalue weighted by Gasteiger charge is -2.23. The van der Waals surface area contributed by atoms with Gasteiger partial charge in [0.1, 0.15) is 0 Å². The van der Waals surface area contributed by atoms with E-state index < -0.39 is 0 Å². The first-order chi connectivity index (χ1) is 4.42. The maximum atomic E-state index is 1.92. The highest BCUT2D eigenvalue weighted by molar-refractivity contribution is 5.12. The van der Waals surface area contributed by atoms with Crippen LogP contribution in [0.2, 0.25) is 0 Å². The molecule has 9 heavy (non-hydrogen) atoms. The lowest BCUT2D eigenvalue weighted by atomic mass is 9.82. The molecule has 4 aliphatic carbocycles. The van der Waals surface area contributed by atoms with E-state index in [9.17, 15) is 0 Å². The minimum atomic E-state index is 1.15. The summed E-state index contributed by atoms with van der Waals surface area (Å²) in [7, 11) is 0. The van der Waals surface area contributed by atoms with Crippen molar-refractivity contribution in [2.75, 3.05) is 0 Å². The van der Waals surface area contributed by atoms with Gasteiger partial charge in [-0.2, -0.15) is 0 Å². The molecular formula is C9H13. The Bertz CT molecular complexity index is 105. The van der Waals surface area contributed by atoms with Crippen LogP contribution in [0.25, 0.3) is 0 Å². The first kappa shape index (κ1) is 4.76. The molecular weight excluding hydrogens is 108 g/mol. The van der Waals surface area contributed by atoms with Crippen LogP contribution in [0.5, 0.6) is 0 Å². The molecule has 1 radical (unpaired) electrons. The molecule has 2 unspecified atom stereocenters. The van der Waals surface area contributed by atoms with Crippen LogP contribution in [0.3, 0.4) is 0 Å². The lowest BCUT2D eigenvalue weighted by Crippen LogP contribution is -2.10. The molecule has 4 fully saturated rings. The van der Waals surface area contributed by atoms with Crippen LogP contribution >= 0.6 is 0 Å². The molecule has 0 aromatic rings. The Balaban J connectivity index is 2.00. The van der Waals surface area contributed by atoms with Gasteiger partial charge >= 0.3 is 0 Å². The van der Waals surface area contributed by atoms with Crippen molar-refractivity contribution in [3.8, 4) is 0 Å². The fourth-order valence-electron chi connectivity index (χ4n) is 3.40. The van der Waals surface area contributed by atoms with Gasteiger partial charge < -0.3 is 0 Å². The van der Waals surface area contributed by atoms with Crippen molar-refractivity contribution < 1.29 is 0 Å². The van der Waals surface area contributed by atoms with E-state index in [-0.39, 0.29) is 0 Å². The molecule has 0 aromatic carbocycles. The largest absolute Gasteiger partial charge is 0.0473 e. The molecule has 0 heteroatoms. The summed E-state index contributed by atoms with van der Waals surface area (Å²) in [6.45, 7) is 0. The molecule has 0 spiro atoms. The van der Waals surface area contributed by atoms with Gasteiger partial charge in [-0.25, -0.2) is 0 Å². The molecule has 4 aliphatic rings. The molecule has 0 heterocycles. The average Bonchev–Trinajstić information content (AvgIpc) is 2.20. The topological polar surface area (TPSA) is 0 Å². The van der Waals surface area contributed by atoms with E-state index in [1.807, 2.05) is 5.92 Å². The molecule has 49 valence electrons. The molecule has 4 rings (SSSR count). The number of rotatable bonds is 0. The van der Waals surface area contributed by atoms with Crippen LogP contribution in [0.4, 0.5) is 0 Å². The van der Waals surface area contributed by atoms with Gasteiger partial charge in [0, 0.05) is 0 Å². The summed E-state index contributed by atoms with van der Waals surface area (Å²) in [5.41, 5.74) is 0. The molecule has 0 aliphatic heterocycles. The van der Waals surface area contributed by atoms with E-state index in [1.54, 1.807) is 12.8 Å². The average molecular weight is 121 g/mol. The third kappa shape index (κ3) is 0.500. The van der Waals surface area contributed by atoms with Crippen molar-refractivity contribution in [3.05, 3.63) is 5.92 Å². The second-order valence-corrected chi connectivity index (χ2v) is 4.22. The molecule has 4 saturated carbocycles. The summed E-state index contributed by atoms with van der Waals surface area (Å²) < 4.78 is 0. The van der Waals surface area contributed by atoms with E-state index in [4.69, 9.17) is 0 Å². The van der Waals surface area contributed by atoms with E-state index in [0.29, 0.717) is 0 Å². The molecule has 0 nitrogen and oxygen atoms in total. The minimum absolute atomic E-state index is 1.15. The molecule has 4 bridgehead atoms. The lowest BCUT2D eigenvalue weighted by molar-refractivity contribution is 0.398. The van der Waals surface area contributed by atoms with Crippen molar-refractivity contribution in [1.29, 1.82) is 0 Å². The smallest absolute Gasteiger partial charge is 0.0233 e. The zero-order valence-electron chi connectivity index (χ0n) is 5.77. The van der Waals surface area contributed by atoms with Crippen LogP contribution < -0.4 is 0 Å². The minimum Gasteiger partial charge on any atom is -0.0473 e. The Hall–Kier alpha value is 0. The van der Waals surface area contributed by atoms with Gasteiger partial charge in [-0.1, -0.05) is 0 Å². The molecule has 0 saturated heterocycles. The third-order valence-electron chi connectivity index (χ3n) is 3.62. The van der Waals surface area contributed by atoms with Crippen LogP contribution in [0.15, 0.2) is 0 Å². The SMILES string of the molecule is C1[C]2CC3CC1CC3C2. The van der Waals surface area contributed by atoms with Crippen molar-refractivity contribution in [1.82, 2.24) is 0 Å². The standard InChI is InChI=1S/C9H13/c1-6-2-8-4-7(1)5-9(8)3-6/h6,8-9H,1-5H2. The molecule has 0 amide bonds. The summed E-state index contributed by atoms with van der Waals surface area (Å²) in [6.07, 6.45) is 7.76. The van der Waals surface area contributed by atoms with Crippen LogP contribution in [0.1, 0.15) is 32.1 Å². The van der Waals surface area contributed by atoms with E-state index in [1.165, 1.54) is 31.1 Å². The van der Waals surface area contributed by atoms with Gasteiger partial charge in [-0.3, -0.25) is 0 Å². The Morgan fingerprint density at radius 2 is 1.56 bits per heavy atom. The zero-order valence-corrected chi connectivity index (χ0v) is 5.77. The predicted octanol–water partition coefficient (Wildman–Crippen LogP) is 2.40. The van der Waals surface area contributed by atoms with Crippen LogP contribution in [-0.4, -0.2) is 0 Å². The van der Waals surface area contributed by atoms with Crippen molar-refractivity contribution in [2.45, 2.75) is 32.1 Å². The summed E-state index contributed by atoms with van der Waals surface area (Å²) in [4.78, 5) is 0. The highest BCUT2D eigenvalue weighted by Crippen LogP contribution is 2.58. The second kappa shape index (κ2) is 1.36. The highest BCUT2D eigenvalue weighted by atomic mass is 14.5. The van der Waals surface area contributed by atoms with Crippen molar-refractivity contribution in [3.63, 3.8) is 0 Å². The highest BCUT2D eigenvalue weighted by Gasteiger charge is 2.47. The summed E-state index contributed by atoms with van der Waals surface area (Å²) >= 11 is 0. The Labute approximate surface area is 56.6 Å². The predicted molar refractivity (Wildman–Crippen MR) is 36.8 cm³/mol. The number of hydrogen-bond donors (Lipinski definition) is 0. The summed E-state index contributed by atoms with van der Waals surface area (Å²) in [5.74, 6) is 5.41. The molecule has 2 atom stereocenters. The monoisotopic (exact) mass is 121 g/mol. The third-order valence-corrected chi connectivity index (χ3v) is 3.62. The first-order valence-electron chi connectivity index (χ1n) is 4.25. The van der Waals surface area contributed by atoms with Gasteiger partial charge in [-0.05, 0) is 55.8 Å². The van der Waals surface area contributed by atoms with Crippen LogP contribution in [-0.2, 0) is 0 Å². The fourth-order valence-corrected chi connectivity index (χ4v) is 3.40. The Morgan fingerprint density at radius 3 is 2.00 bits per heavy atom. The summed E-state index contributed by atoms with van der Waals surface area (Å²) in [6, 6.07) is 0. The van der Waals surface area contributed by atoms with Crippen LogP contribution in [0, 0.1) is 23.7 Å². The quantitative estimate of drug-likeness (QED) is 0.461. The maximum absolute atomic E-state index is 1.92. The normalized spacial score (nSPS) is 55.3. The molecule has 0 aromatic heterocycles. The molecule has 0 N–H and O–H groups in total. The van der Waals surface area contributed by atoms with Gasteiger partial charge in [0.2, 0.25) is 0 Å². The van der Waals surface area contributed by atoms with Crippen molar-refractivity contribution >= 4 is 0 Å². The Morgan fingerprint density at radius 1 is 0.889 bits per heavy atom. The van der Waals surface area contributed by atoms with Gasteiger partial charge in [-0.15, -0.1) is 0 Å². The van der Waals surface area contributed by atoms with Crippen molar-refractivity contribution in [2.24, 2.45) is 17.8 Å². The number of hydrogen-bond acceptors (Lipinski definition) is 0. The Kier molecular flexibility index (Phi) is 0.717. The van der Waals surface area contributed by atoms with Gasteiger partial charge in [0.05, 0.1) is 0 Å². The van der Waals surface area contributed by atoms with E-state index in [0.717, 1.165) is 5.92 Å². The second-order valence-electron chi connectivity index (χ2n) is 4.22. The van der Waals surface area contributed by atoms with E-state index in [2.05, 4.69) is 0 Å². The van der Waals surface area contributed by atoms with Gasteiger partial charge in [0.15, 0.2) is 0 Å². The zero-order chi connectivity index (χ0) is 5.84. The first-order valence-corrected chi connectivity index (χ1v) is 4.25. The maximum Gasteiger partial charge on any atom is -0.0233 e. The van der Waals surface area contributed by atoms with Gasteiger partial charge in [0.25, 0.3) is 0 Å². The fraction of sp³-hybridized carbons (Fsp3) is 0.889. The summed E-state index contributed by atoms with van der Waals surface area (Å²) in [5, 5.41) is 0. The van der Waals surface area contributed by atoms with E-state index >= 15 is 0 Å².